The summed E-state index contributed by atoms with van der Waals surface area (Å²) in [6, 6.07) is 5.57. The van der Waals surface area contributed by atoms with Crippen LogP contribution < -0.4 is 24.4 Å². The van der Waals surface area contributed by atoms with Crippen molar-refractivity contribution in [3.63, 3.8) is 0 Å². The number of likely N-dealkylation sites (tertiary alicyclic amines) is 1. The number of ether oxygens (including phenoxy) is 3. The molecule has 1 amide bonds. The summed E-state index contributed by atoms with van der Waals surface area (Å²) in [5, 5.41) is 8.14. The Labute approximate surface area is 232 Å². The van der Waals surface area contributed by atoms with Crippen molar-refractivity contribution in [2.24, 2.45) is 0 Å². The van der Waals surface area contributed by atoms with E-state index in [2.05, 4.69) is 15.2 Å². The number of nitrogens with one attached hydrogen (secondary N) is 1. The van der Waals surface area contributed by atoms with Crippen molar-refractivity contribution in [3.8, 4) is 22.9 Å². The molecule has 2 saturated heterocycles. The van der Waals surface area contributed by atoms with Gasteiger partial charge >= 0.3 is 0 Å². The van der Waals surface area contributed by atoms with Gasteiger partial charge in [-0.1, -0.05) is 0 Å². The molecule has 12 heteroatoms. The van der Waals surface area contributed by atoms with Gasteiger partial charge < -0.3 is 33.9 Å². The fraction of sp³-hybridized carbons (Fsp3) is 0.429. The predicted octanol–water partition coefficient (Wildman–Crippen LogP) is 3.91. The standard InChI is InChI=1S/C28H34N8O4/c1-38-22-14-20(15-23(39-2)25(22)40-3)35-17-24(29-18-35)30-26-21-13-19(27(37)33-9-5-4-6-10-33)16-36(21)32-28(31-26)34-11-7-8-12-34/h13-18H,4-12H2,1-3H3,(H,30,31,32). The number of anilines is 3. The van der Waals surface area contributed by atoms with Gasteiger partial charge in [0.05, 0.1) is 38.8 Å². The lowest BCUT2D eigenvalue weighted by Crippen LogP contribution is -2.35. The fourth-order valence-corrected chi connectivity index (χ4v) is 5.39. The van der Waals surface area contributed by atoms with Crippen molar-refractivity contribution in [1.82, 2.24) is 29.0 Å². The molecule has 4 aromatic rings. The molecule has 0 saturated carbocycles. The van der Waals surface area contributed by atoms with Crippen molar-refractivity contribution < 1.29 is 19.0 Å². The molecule has 2 fully saturated rings. The Morgan fingerprint density at radius 3 is 2.25 bits per heavy atom. The number of aromatic nitrogens is 5. The van der Waals surface area contributed by atoms with Gasteiger partial charge in [-0.05, 0) is 38.2 Å². The summed E-state index contributed by atoms with van der Waals surface area (Å²) in [4.78, 5) is 26.8. The molecule has 12 nitrogen and oxygen atoms in total. The summed E-state index contributed by atoms with van der Waals surface area (Å²) in [5.41, 5.74) is 2.11. The number of hydrogen-bond acceptors (Lipinski definition) is 9. The number of fused-ring (bicyclic) bond motifs is 1. The summed E-state index contributed by atoms with van der Waals surface area (Å²) in [6.07, 6.45) is 10.8. The molecule has 3 aromatic heterocycles. The minimum Gasteiger partial charge on any atom is -0.493 e. The highest BCUT2D eigenvalue weighted by Gasteiger charge is 2.23. The zero-order chi connectivity index (χ0) is 27.6. The predicted molar refractivity (Wildman–Crippen MR) is 151 cm³/mol. The van der Waals surface area contributed by atoms with Crippen molar-refractivity contribution in [1.29, 1.82) is 0 Å². The van der Waals surface area contributed by atoms with E-state index in [-0.39, 0.29) is 5.91 Å². The molecule has 1 N–H and O–H groups in total. The SMILES string of the molecule is COc1cc(-n2cnc(Nc3nc(N4CCCC4)nn4cc(C(=O)N5CCCCC5)cc34)c2)cc(OC)c1OC. The number of imidazole rings is 1. The summed E-state index contributed by atoms with van der Waals surface area (Å²) >= 11 is 0. The second-order valence-electron chi connectivity index (χ2n) is 10.0. The van der Waals surface area contributed by atoms with E-state index in [1.807, 2.05) is 40.1 Å². The average molecular weight is 547 g/mol. The summed E-state index contributed by atoms with van der Waals surface area (Å²) in [7, 11) is 4.75. The number of carbonyl (C=O) groups excluding carboxylic acids is 1. The molecule has 1 aromatic carbocycles. The Morgan fingerprint density at radius 2 is 1.57 bits per heavy atom. The molecule has 210 valence electrons. The zero-order valence-corrected chi connectivity index (χ0v) is 23.1. The molecule has 0 unspecified atom stereocenters. The molecular formula is C28H34N8O4. The molecule has 6 rings (SSSR count). The van der Waals surface area contributed by atoms with Crippen LogP contribution >= 0.6 is 0 Å². The maximum absolute atomic E-state index is 13.3. The molecule has 0 bridgehead atoms. The number of amides is 1. The van der Waals surface area contributed by atoms with Gasteiger partial charge in [-0.3, -0.25) is 4.79 Å². The smallest absolute Gasteiger partial charge is 0.255 e. The van der Waals surface area contributed by atoms with E-state index in [1.54, 1.807) is 32.2 Å². The molecule has 0 radical (unpaired) electrons. The van der Waals surface area contributed by atoms with Crippen LogP contribution in [0.5, 0.6) is 17.2 Å². The Kier molecular flexibility index (Phi) is 7.06. The van der Waals surface area contributed by atoms with Crippen molar-refractivity contribution in [2.75, 3.05) is 57.7 Å². The van der Waals surface area contributed by atoms with Crippen LogP contribution in [0.25, 0.3) is 11.2 Å². The highest BCUT2D eigenvalue weighted by molar-refractivity contribution is 5.96. The third-order valence-electron chi connectivity index (χ3n) is 7.51. The Balaban J connectivity index is 1.34. The molecule has 2 aliphatic heterocycles. The van der Waals surface area contributed by atoms with Crippen LogP contribution in [0.1, 0.15) is 42.5 Å². The molecular weight excluding hydrogens is 512 g/mol. The second kappa shape index (κ2) is 10.9. The van der Waals surface area contributed by atoms with Gasteiger partial charge in [0.15, 0.2) is 17.3 Å². The van der Waals surface area contributed by atoms with Gasteiger partial charge in [-0.2, -0.15) is 4.98 Å². The van der Waals surface area contributed by atoms with E-state index >= 15 is 0 Å². The third-order valence-corrected chi connectivity index (χ3v) is 7.51. The Bertz CT molecular complexity index is 1490. The topological polar surface area (TPSA) is 111 Å². The van der Waals surface area contributed by atoms with Crippen LogP contribution in [0.4, 0.5) is 17.6 Å². The molecule has 40 heavy (non-hydrogen) atoms. The van der Waals surface area contributed by atoms with E-state index in [0.29, 0.717) is 45.9 Å². The molecule has 0 atom stereocenters. The van der Waals surface area contributed by atoms with Gasteiger partial charge in [-0.25, -0.2) is 9.50 Å². The minimum absolute atomic E-state index is 0.0329. The highest BCUT2D eigenvalue weighted by atomic mass is 16.5. The minimum atomic E-state index is 0.0329. The molecule has 0 spiro atoms. The second-order valence-corrected chi connectivity index (χ2v) is 10.0. The number of benzene rings is 1. The lowest BCUT2D eigenvalue weighted by molar-refractivity contribution is 0.0724. The first-order chi connectivity index (χ1) is 19.6. The van der Waals surface area contributed by atoms with E-state index < -0.39 is 0 Å². The molecule has 2 aliphatic rings. The molecule has 5 heterocycles. The van der Waals surface area contributed by atoms with E-state index in [1.165, 1.54) is 6.42 Å². The number of hydrogen-bond donors (Lipinski definition) is 1. The van der Waals surface area contributed by atoms with Gasteiger partial charge in [0.2, 0.25) is 11.7 Å². The third kappa shape index (κ3) is 4.85. The monoisotopic (exact) mass is 546 g/mol. The summed E-state index contributed by atoms with van der Waals surface area (Å²) in [5.74, 6) is 3.46. The first-order valence-electron chi connectivity index (χ1n) is 13.6. The zero-order valence-electron chi connectivity index (χ0n) is 23.1. The van der Waals surface area contributed by atoms with Crippen LogP contribution in [0.2, 0.25) is 0 Å². The van der Waals surface area contributed by atoms with E-state index in [0.717, 1.165) is 57.5 Å². The summed E-state index contributed by atoms with van der Waals surface area (Å²) < 4.78 is 20.1. The first-order valence-corrected chi connectivity index (χ1v) is 13.6. The summed E-state index contributed by atoms with van der Waals surface area (Å²) in [6.45, 7) is 3.39. The molecule has 0 aliphatic carbocycles. The van der Waals surface area contributed by atoms with Crippen LogP contribution in [-0.2, 0) is 0 Å². The number of rotatable bonds is 8. The van der Waals surface area contributed by atoms with Crippen LogP contribution in [-0.4, -0.2) is 82.5 Å². The van der Waals surface area contributed by atoms with Crippen LogP contribution in [0.15, 0.2) is 36.9 Å². The number of methoxy groups -OCH3 is 3. The fourth-order valence-electron chi connectivity index (χ4n) is 5.39. The average Bonchev–Trinajstić information content (AvgIpc) is 3.78. The maximum atomic E-state index is 13.3. The number of carbonyl (C=O) groups is 1. The lowest BCUT2D eigenvalue weighted by Gasteiger charge is -2.26. The number of nitrogens with zero attached hydrogens (tertiary/aromatic N) is 7. The van der Waals surface area contributed by atoms with Crippen molar-refractivity contribution in [3.05, 3.63) is 42.5 Å². The van der Waals surface area contributed by atoms with E-state index in [4.69, 9.17) is 24.3 Å². The maximum Gasteiger partial charge on any atom is 0.255 e. The van der Waals surface area contributed by atoms with Crippen LogP contribution in [0, 0.1) is 0 Å². The van der Waals surface area contributed by atoms with Gasteiger partial charge in [-0.15, -0.1) is 5.10 Å². The van der Waals surface area contributed by atoms with Gasteiger partial charge in [0.1, 0.15) is 17.7 Å². The highest BCUT2D eigenvalue weighted by Crippen LogP contribution is 2.39. The quantitative estimate of drug-likeness (QED) is 0.352. The lowest BCUT2D eigenvalue weighted by atomic mass is 10.1. The first kappa shape index (κ1) is 25.8. The Morgan fingerprint density at radius 1 is 0.875 bits per heavy atom. The largest absolute Gasteiger partial charge is 0.493 e. The normalized spacial score (nSPS) is 15.5. The van der Waals surface area contributed by atoms with Crippen molar-refractivity contribution in [2.45, 2.75) is 32.1 Å². The Hall–Kier alpha value is -4.48. The van der Waals surface area contributed by atoms with Crippen molar-refractivity contribution >= 4 is 29.0 Å². The van der Waals surface area contributed by atoms with Crippen LogP contribution in [0.3, 0.4) is 0 Å². The van der Waals surface area contributed by atoms with E-state index in [9.17, 15) is 4.79 Å². The van der Waals surface area contributed by atoms with Gasteiger partial charge in [0.25, 0.3) is 5.91 Å². The number of piperidine rings is 1. The van der Waals surface area contributed by atoms with Gasteiger partial charge in [0, 0.05) is 44.5 Å².